The van der Waals surface area contributed by atoms with Gasteiger partial charge in [-0.1, -0.05) is 30.0 Å². The van der Waals surface area contributed by atoms with Crippen molar-refractivity contribution in [3.8, 4) is 0 Å². The molecule has 0 aliphatic rings. The molecule has 0 saturated carbocycles. The first-order valence-electron chi connectivity index (χ1n) is 7.43. The van der Waals surface area contributed by atoms with Crippen molar-refractivity contribution in [2.75, 3.05) is 10.6 Å². The maximum absolute atomic E-state index is 12.3. The van der Waals surface area contributed by atoms with Crippen LogP contribution in [0.3, 0.4) is 0 Å². The Balaban J connectivity index is 2.38. The molecular formula is C16H15N4O5S-. The van der Waals surface area contributed by atoms with Crippen molar-refractivity contribution in [2.45, 2.75) is 24.3 Å². The van der Waals surface area contributed by atoms with Crippen LogP contribution in [0.25, 0.3) is 0 Å². The summed E-state index contributed by atoms with van der Waals surface area (Å²) < 4.78 is 0. The van der Waals surface area contributed by atoms with Gasteiger partial charge in [0.05, 0.1) is 5.97 Å². The van der Waals surface area contributed by atoms with Crippen LogP contribution in [-0.2, 0) is 9.59 Å². The third kappa shape index (κ3) is 4.93. The van der Waals surface area contributed by atoms with Gasteiger partial charge in [0, 0.05) is 17.7 Å². The molecule has 10 heteroatoms. The molecule has 0 fully saturated rings. The quantitative estimate of drug-likeness (QED) is 0.483. The highest BCUT2D eigenvalue weighted by Gasteiger charge is 2.18. The van der Waals surface area contributed by atoms with Gasteiger partial charge in [0.25, 0.3) is 11.5 Å². The Morgan fingerprint density at radius 1 is 1.19 bits per heavy atom. The number of carbonyl (C=O) groups excluding carboxylic acids is 3. The van der Waals surface area contributed by atoms with Gasteiger partial charge in [0.2, 0.25) is 5.91 Å². The average molecular weight is 375 g/mol. The monoisotopic (exact) mass is 375 g/mol. The molecule has 2 aromatic rings. The molecule has 0 spiro atoms. The number of carbonyl (C=O) groups is 3. The molecule has 2 rings (SSSR count). The van der Waals surface area contributed by atoms with Gasteiger partial charge in [0.1, 0.15) is 0 Å². The Morgan fingerprint density at radius 2 is 1.85 bits per heavy atom. The van der Waals surface area contributed by atoms with E-state index < -0.39 is 28.6 Å². The van der Waals surface area contributed by atoms with Crippen molar-refractivity contribution in [2.24, 2.45) is 0 Å². The number of nitrogens with one attached hydrogen (secondary N) is 3. The molecule has 0 bridgehead atoms. The van der Waals surface area contributed by atoms with Crippen LogP contribution < -0.4 is 21.3 Å². The molecule has 26 heavy (non-hydrogen) atoms. The summed E-state index contributed by atoms with van der Waals surface area (Å²) in [6.07, 6.45) is 0. The van der Waals surface area contributed by atoms with E-state index in [2.05, 4.69) is 20.6 Å². The molecule has 0 unspecified atom stereocenters. The van der Waals surface area contributed by atoms with Crippen LogP contribution in [0, 0.1) is 0 Å². The molecule has 1 heterocycles. The molecule has 1 aromatic carbocycles. The van der Waals surface area contributed by atoms with Gasteiger partial charge in [0.15, 0.2) is 16.7 Å². The number of H-pyrrole nitrogens is 1. The first-order valence-corrected chi connectivity index (χ1v) is 8.31. The first-order chi connectivity index (χ1) is 12.3. The van der Waals surface area contributed by atoms with Crippen LogP contribution in [0.4, 0.5) is 11.5 Å². The lowest BCUT2D eigenvalue weighted by Crippen LogP contribution is -2.32. The molecule has 1 aromatic heterocycles. The zero-order valence-corrected chi connectivity index (χ0v) is 14.7. The highest BCUT2D eigenvalue weighted by molar-refractivity contribution is 8.00. The molecule has 3 N–H and O–H groups in total. The number of carboxylic acids is 1. The summed E-state index contributed by atoms with van der Waals surface area (Å²) in [5.41, 5.74) is -0.676. The minimum atomic E-state index is -1.33. The van der Waals surface area contributed by atoms with E-state index in [0.29, 0.717) is 5.56 Å². The van der Waals surface area contributed by atoms with Crippen LogP contribution >= 0.6 is 11.8 Å². The average Bonchev–Trinajstić information content (AvgIpc) is 2.58. The number of aromatic nitrogens is 2. The van der Waals surface area contributed by atoms with E-state index in [4.69, 9.17) is 0 Å². The van der Waals surface area contributed by atoms with Crippen molar-refractivity contribution in [3.63, 3.8) is 0 Å². The number of anilines is 2. The van der Waals surface area contributed by atoms with Gasteiger partial charge in [-0.3, -0.25) is 19.4 Å². The summed E-state index contributed by atoms with van der Waals surface area (Å²) in [5, 5.41) is 14.6. The van der Waals surface area contributed by atoms with Gasteiger partial charge >= 0.3 is 0 Å². The smallest absolute Gasteiger partial charge is 0.277 e. The minimum absolute atomic E-state index is 0.0341. The van der Waals surface area contributed by atoms with Crippen molar-refractivity contribution < 1.29 is 19.5 Å². The number of aliphatic carboxylic acids is 1. The van der Waals surface area contributed by atoms with E-state index in [0.717, 1.165) is 11.8 Å². The lowest BCUT2D eigenvalue weighted by atomic mass is 10.2. The van der Waals surface area contributed by atoms with Gasteiger partial charge in [-0.25, -0.2) is 4.98 Å². The number of benzene rings is 1. The van der Waals surface area contributed by atoms with Crippen LogP contribution in [0.5, 0.6) is 0 Å². The maximum Gasteiger partial charge on any atom is 0.277 e. The van der Waals surface area contributed by atoms with Gasteiger partial charge < -0.3 is 20.5 Å². The summed E-state index contributed by atoms with van der Waals surface area (Å²) in [4.78, 5) is 53.2. The Morgan fingerprint density at radius 3 is 2.42 bits per heavy atom. The molecule has 0 aliphatic carbocycles. The van der Waals surface area contributed by atoms with Gasteiger partial charge in [-0.15, -0.1) is 0 Å². The van der Waals surface area contributed by atoms with Crippen molar-refractivity contribution in [1.29, 1.82) is 0 Å². The topological polar surface area (TPSA) is 144 Å². The second-order valence-corrected chi connectivity index (χ2v) is 6.50. The van der Waals surface area contributed by atoms with E-state index in [1.807, 2.05) is 0 Å². The number of carboxylic acid groups (broad SMARTS) is 1. The Kier molecular flexibility index (Phi) is 6.12. The lowest BCUT2D eigenvalue weighted by molar-refractivity contribution is -0.304. The predicted octanol–water partition coefficient (Wildman–Crippen LogP) is 0.211. The number of rotatable bonds is 6. The maximum atomic E-state index is 12.3. The minimum Gasteiger partial charge on any atom is -0.549 e. The number of aromatic amines is 1. The highest BCUT2D eigenvalue weighted by atomic mass is 32.2. The Labute approximate surface area is 152 Å². The molecule has 1 atom stereocenters. The van der Waals surface area contributed by atoms with Gasteiger partial charge in [-0.05, 0) is 19.1 Å². The van der Waals surface area contributed by atoms with E-state index >= 15 is 0 Å². The van der Waals surface area contributed by atoms with Crippen LogP contribution in [0.2, 0.25) is 0 Å². The zero-order valence-electron chi connectivity index (χ0n) is 13.9. The van der Waals surface area contributed by atoms with E-state index in [-0.39, 0.29) is 16.7 Å². The SMILES string of the molecule is CC(=O)Nc1nc(S[C@H](C)C(=O)[O-])[nH]c(=O)c1NC(=O)c1ccccc1. The molecule has 9 nitrogen and oxygen atoms in total. The van der Waals surface area contributed by atoms with Crippen LogP contribution in [0.15, 0.2) is 40.3 Å². The Hall–Kier alpha value is -3.14. The normalized spacial score (nSPS) is 11.5. The van der Waals surface area contributed by atoms with E-state index in [1.54, 1.807) is 30.3 Å². The molecule has 0 aliphatic heterocycles. The summed E-state index contributed by atoms with van der Waals surface area (Å²) in [7, 11) is 0. The molecule has 0 radical (unpaired) electrons. The largest absolute Gasteiger partial charge is 0.549 e. The number of nitrogens with zero attached hydrogens (tertiary/aromatic N) is 1. The summed E-state index contributed by atoms with van der Waals surface area (Å²) >= 11 is 0.738. The standard InChI is InChI=1S/C16H16N4O5S/c1-8(15(24)25)26-16-19-12(17-9(2)21)11(14(23)20-16)18-13(22)10-6-4-3-5-7-10/h3-8H,1-2H3,(H,18,22)(H,24,25)(H2,17,19,20,21,23)/p-1/t8-/m1/s1. The summed E-state index contributed by atoms with van der Waals surface area (Å²) in [6.45, 7) is 2.57. The van der Waals surface area contributed by atoms with Crippen LogP contribution in [0.1, 0.15) is 24.2 Å². The highest BCUT2D eigenvalue weighted by Crippen LogP contribution is 2.22. The lowest BCUT2D eigenvalue weighted by Gasteiger charge is -2.14. The second kappa shape index (κ2) is 8.30. The van der Waals surface area contributed by atoms with E-state index in [9.17, 15) is 24.3 Å². The number of hydrogen-bond acceptors (Lipinski definition) is 7. The van der Waals surface area contributed by atoms with Crippen molar-refractivity contribution in [3.05, 3.63) is 46.2 Å². The third-order valence-corrected chi connectivity index (χ3v) is 4.05. The fraction of sp³-hybridized carbons (Fsp3) is 0.188. The molecule has 2 amide bonds. The fourth-order valence-electron chi connectivity index (χ4n) is 1.87. The summed E-state index contributed by atoms with van der Waals surface area (Å²) in [6, 6.07) is 8.17. The summed E-state index contributed by atoms with van der Waals surface area (Å²) in [5.74, 6) is -2.59. The molecular weight excluding hydrogens is 360 g/mol. The van der Waals surface area contributed by atoms with Crippen molar-refractivity contribution >= 4 is 41.1 Å². The number of thioether (sulfide) groups is 1. The molecule has 0 saturated heterocycles. The molecule has 136 valence electrons. The van der Waals surface area contributed by atoms with E-state index in [1.165, 1.54) is 13.8 Å². The predicted molar refractivity (Wildman–Crippen MR) is 93.9 cm³/mol. The van der Waals surface area contributed by atoms with Crippen molar-refractivity contribution in [1.82, 2.24) is 9.97 Å². The number of hydrogen-bond donors (Lipinski definition) is 3. The van der Waals surface area contributed by atoms with Crippen LogP contribution in [-0.4, -0.2) is 33.0 Å². The number of amides is 2. The van der Waals surface area contributed by atoms with Gasteiger partial charge in [-0.2, -0.15) is 0 Å². The first kappa shape index (κ1) is 19.2. The zero-order chi connectivity index (χ0) is 19.3. The second-order valence-electron chi connectivity index (χ2n) is 5.18. The Bertz CT molecular complexity index is 897. The third-order valence-electron chi connectivity index (χ3n) is 3.09. The fourth-order valence-corrected chi connectivity index (χ4v) is 2.60.